The molecule has 1 fully saturated rings. The maximum absolute atomic E-state index is 5.69. The van der Waals surface area contributed by atoms with Gasteiger partial charge in [0.2, 0.25) is 0 Å². The van der Waals surface area contributed by atoms with Crippen LogP contribution in [-0.4, -0.2) is 55.4 Å². The molecule has 7 nitrogen and oxygen atoms in total. The first-order chi connectivity index (χ1) is 13.2. The van der Waals surface area contributed by atoms with Gasteiger partial charge in [-0.2, -0.15) is 5.10 Å². The van der Waals surface area contributed by atoms with E-state index < -0.39 is 0 Å². The van der Waals surface area contributed by atoms with Crippen molar-refractivity contribution in [3.63, 3.8) is 0 Å². The van der Waals surface area contributed by atoms with E-state index >= 15 is 0 Å². The van der Waals surface area contributed by atoms with Gasteiger partial charge in [0, 0.05) is 38.6 Å². The molecule has 1 aliphatic rings. The van der Waals surface area contributed by atoms with Crippen molar-refractivity contribution in [3.8, 4) is 0 Å². The van der Waals surface area contributed by atoms with Crippen molar-refractivity contribution in [3.05, 3.63) is 65.1 Å². The van der Waals surface area contributed by atoms with Crippen LogP contribution < -0.4 is 4.90 Å². The number of piperazine rings is 1. The molecule has 0 saturated carbocycles. The number of benzene rings is 1. The van der Waals surface area contributed by atoms with Crippen LogP contribution in [0.5, 0.6) is 0 Å². The first kappa shape index (κ1) is 17.8. The van der Waals surface area contributed by atoms with Crippen LogP contribution in [0.4, 0.5) is 5.82 Å². The van der Waals surface area contributed by atoms with E-state index in [1.54, 1.807) is 12.4 Å². The molecule has 0 atom stereocenters. The molecule has 0 N–H and O–H groups in total. The lowest BCUT2D eigenvalue weighted by Gasteiger charge is -2.34. The zero-order valence-electron chi connectivity index (χ0n) is 15.4. The van der Waals surface area contributed by atoms with Gasteiger partial charge in [-0.25, -0.2) is 9.67 Å². The molecule has 8 heteroatoms. The van der Waals surface area contributed by atoms with Crippen molar-refractivity contribution in [2.75, 3.05) is 31.1 Å². The first-order valence-electron chi connectivity index (χ1n) is 9.12. The van der Waals surface area contributed by atoms with Gasteiger partial charge < -0.3 is 4.90 Å². The third kappa shape index (κ3) is 4.06. The molecule has 1 aromatic carbocycles. The Morgan fingerprint density at radius 2 is 1.81 bits per heavy atom. The minimum absolute atomic E-state index is 0.718. The summed E-state index contributed by atoms with van der Waals surface area (Å²) in [6, 6.07) is 10.4. The zero-order chi connectivity index (χ0) is 18.6. The number of hydrogen-bond acceptors (Lipinski definition) is 6. The number of hydrogen-bond donors (Lipinski definition) is 0. The summed E-state index contributed by atoms with van der Waals surface area (Å²) in [7, 11) is 0. The van der Waals surface area contributed by atoms with Crippen LogP contribution in [-0.2, 0) is 13.2 Å². The van der Waals surface area contributed by atoms with Gasteiger partial charge in [0.15, 0.2) is 4.77 Å². The highest BCUT2D eigenvalue weighted by Gasteiger charge is 2.19. The van der Waals surface area contributed by atoms with Crippen LogP contribution in [0.1, 0.15) is 11.4 Å². The third-order valence-electron chi connectivity index (χ3n) is 4.87. The lowest BCUT2D eigenvalue weighted by Crippen LogP contribution is -2.47. The second-order valence-electron chi connectivity index (χ2n) is 6.71. The van der Waals surface area contributed by atoms with E-state index in [0.717, 1.165) is 55.8 Å². The quantitative estimate of drug-likeness (QED) is 0.633. The highest BCUT2D eigenvalue weighted by Crippen LogP contribution is 2.13. The van der Waals surface area contributed by atoms with Gasteiger partial charge in [0.1, 0.15) is 11.6 Å². The van der Waals surface area contributed by atoms with Crippen molar-refractivity contribution in [2.45, 2.75) is 20.1 Å². The average Bonchev–Trinajstić information content (AvgIpc) is 2.97. The van der Waals surface area contributed by atoms with Crippen LogP contribution in [0.3, 0.4) is 0 Å². The molecule has 4 rings (SSSR count). The lowest BCUT2D eigenvalue weighted by molar-refractivity contribution is 0.193. The van der Waals surface area contributed by atoms with E-state index in [9.17, 15) is 0 Å². The molecule has 1 aliphatic heterocycles. The minimum atomic E-state index is 0.718. The molecule has 0 radical (unpaired) electrons. The summed E-state index contributed by atoms with van der Waals surface area (Å²) in [5, 5.41) is 4.68. The number of rotatable bonds is 5. The molecule has 0 amide bonds. The molecular formula is C19H23N7S. The summed E-state index contributed by atoms with van der Waals surface area (Å²) >= 11 is 5.69. The molecule has 27 heavy (non-hydrogen) atoms. The van der Waals surface area contributed by atoms with Crippen LogP contribution >= 0.6 is 12.2 Å². The molecule has 3 aromatic rings. The van der Waals surface area contributed by atoms with Gasteiger partial charge >= 0.3 is 0 Å². The third-order valence-corrected chi connectivity index (χ3v) is 5.30. The van der Waals surface area contributed by atoms with Gasteiger partial charge in [-0.05, 0) is 24.7 Å². The Balaban J connectivity index is 1.41. The fourth-order valence-corrected chi connectivity index (χ4v) is 3.65. The molecule has 2 aromatic heterocycles. The van der Waals surface area contributed by atoms with Crippen molar-refractivity contribution >= 4 is 18.0 Å². The van der Waals surface area contributed by atoms with Gasteiger partial charge in [-0.3, -0.25) is 14.5 Å². The van der Waals surface area contributed by atoms with Crippen LogP contribution in [0.2, 0.25) is 0 Å². The summed E-state index contributed by atoms with van der Waals surface area (Å²) < 4.78 is 4.80. The summed E-state index contributed by atoms with van der Waals surface area (Å²) in [4.78, 5) is 13.2. The van der Waals surface area contributed by atoms with Gasteiger partial charge in [0.05, 0.1) is 19.4 Å². The predicted molar refractivity (Wildman–Crippen MR) is 107 cm³/mol. The monoisotopic (exact) mass is 381 g/mol. The van der Waals surface area contributed by atoms with Crippen molar-refractivity contribution in [1.29, 1.82) is 0 Å². The number of nitrogens with zero attached hydrogens (tertiary/aromatic N) is 7. The molecule has 0 aliphatic carbocycles. The Hall–Kier alpha value is -2.58. The van der Waals surface area contributed by atoms with Crippen LogP contribution in [0.25, 0.3) is 0 Å². The molecule has 0 unspecified atom stereocenters. The highest BCUT2D eigenvalue weighted by atomic mass is 32.1. The molecule has 1 saturated heterocycles. The van der Waals surface area contributed by atoms with E-state index in [1.807, 2.05) is 23.9 Å². The Morgan fingerprint density at radius 3 is 2.52 bits per heavy atom. The number of aromatic nitrogens is 5. The molecule has 0 bridgehead atoms. The van der Waals surface area contributed by atoms with Crippen molar-refractivity contribution in [2.24, 2.45) is 0 Å². The fraction of sp³-hybridized carbons (Fsp3) is 0.368. The van der Waals surface area contributed by atoms with E-state index in [1.165, 1.54) is 5.56 Å². The summed E-state index contributed by atoms with van der Waals surface area (Å²) in [5.41, 5.74) is 1.23. The predicted octanol–water partition coefficient (Wildman–Crippen LogP) is 2.34. The minimum Gasteiger partial charge on any atom is -0.353 e. The summed E-state index contributed by atoms with van der Waals surface area (Å²) in [6.07, 6.45) is 5.26. The van der Waals surface area contributed by atoms with Crippen molar-refractivity contribution < 1.29 is 0 Å². The van der Waals surface area contributed by atoms with Gasteiger partial charge in [0.25, 0.3) is 0 Å². The maximum Gasteiger partial charge on any atom is 0.199 e. The number of aryl methyl sites for hydroxylation is 1. The topological polar surface area (TPSA) is 55.0 Å². The first-order valence-corrected chi connectivity index (χ1v) is 9.53. The normalized spacial score (nSPS) is 15.2. The Kier molecular flexibility index (Phi) is 5.26. The highest BCUT2D eigenvalue weighted by molar-refractivity contribution is 7.71. The largest absolute Gasteiger partial charge is 0.353 e. The van der Waals surface area contributed by atoms with Crippen LogP contribution in [0.15, 0.2) is 48.9 Å². The lowest BCUT2D eigenvalue weighted by atomic mass is 10.2. The Labute approximate surface area is 163 Å². The summed E-state index contributed by atoms with van der Waals surface area (Å²) in [5.74, 6) is 1.89. The second-order valence-corrected chi connectivity index (χ2v) is 7.08. The smallest absolute Gasteiger partial charge is 0.199 e. The fourth-order valence-electron chi connectivity index (χ4n) is 3.35. The second kappa shape index (κ2) is 7.98. The maximum atomic E-state index is 5.69. The van der Waals surface area contributed by atoms with E-state index in [-0.39, 0.29) is 0 Å². The average molecular weight is 382 g/mol. The summed E-state index contributed by atoms with van der Waals surface area (Å²) in [6.45, 7) is 7.24. The Morgan fingerprint density at radius 1 is 1.04 bits per heavy atom. The van der Waals surface area contributed by atoms with Crippen molar-refractivity contribution in [1.82, 2.24) is 29.2 Å². The van der Waals surface area contributed by atoms with E-state index in [2.05, 4.69) is 53.7 Å². The number of anilines is 1. The molecule has 0 spiro atoms. The SMILES string of the molecule is Cc1nn(CN2CCN(c3cnccn3)CC2)c(=S)n1Cc1ccccc1. The molecular weight excluding hydrogens is 358 g/mol. The van der Waals surface area contributed by atoms with Gasteiger partial charge in [-0.1, -0.05) is 30.3 Å². The molecule has 140 valence electrons. The Bertz CT molecular complexity index is 928. The zero-order valence-corrected chi connectivity index (χ0v) is 16.2. The standard InChI is InChI=1S/C19H23N7S/c1-16-22-26(19(27)25(16)14-17-5-3-2-4-6-17)15-23-9-11-24(12-10-23)18-13-20-7-8-21-18/h2-8,13H,9-12,14-15H2,1H3. The van der Waals surface area contributed by atoms with E-state index in [4.69, 9.17) is 12.2 Å². The molecule has 3 heterocycles. The van der Waals surface area contributed by atoms with Crippen LogP contribution in [0, 0.1) is 11.7 Å². The van der Waals surface area contributed by atoms with Gasteiger partial charge in [-0.15, -0.1) is 0 Å². The van der Waals surface area contributed by atoms with E-state index in [0.29, 0.717) is 0 Å².